The Morgan fingerprint density at radius 1 is 1.00 bits per heavy atom. The summed E-state index contributed by atoms with van der Waals surface area (Å²) in [6, 6.07) is 11.0. The summed E-state index contributed by atoms with van der Waals surface area (Å²) in [6.07, 6.45) is 7.32. The van der Waals surface area contributed by atoms with Crippen molar-refractivity contribution >= 4 is 38.9 Å². The van der Waals surface area contributed by atoms with Gasteiger partial charge in [-0.15, -0.1) is 0 Å². The first-order valence-corrected chi connectivity index (χ1v) is 15.9. The Labute approximate surface area is 235 Å². The summed E-state index contributed by atoms with van der Waals surface area (Å²) in [6.45, 7) is 1.85. The predicted molar refractivity (Wildman–Crippen MR) is 153 cm³/mol. The molecule has 2 aromatic carbocycles. The van der Waals surface area contributed by atoms with Gasteiger partial charge in [0.1, 0.15) is 12.4 Å². The molecular formula is C29H36ClN3O5S. The molecule has 39 heavy (non-hydrogen) atoms. The second-order valence-electron chi connectivity index (χ2n) is 10.9. The largest absolute Gasteiger partial charge is 0.487 e. The molecule has 5 rings (SSSR count). The second kappa shape index (κ2) is 12.2. The normalized spacial score (nSPS) is 25.2. The van der Waals surface area contributed by atoms with E-state index in [2.05, 4.69) is 14.8 Å². The maximum Gasteiger partial charge on any atom is 0.264 e. The number of oxime groups is 1. The van der Waals surface area contributed by atoms with E-state index in [9.17, 15) is 18.4 Å². The van der Waals surface area contributed by atoms with Gasteiger partial charge in [-0.25, -0.2) is 13.1 Å². The molecule has 10 heteroatoms. The van der Waals surface area contributed by atoms with Gasteiger partial charge in [-0.3, -0.25) is 4.79 Å². The quantitative estimate of drug-likeness (QED) is 0.316. The molecule has 210 valence electrons. The van der Waals surface area contributed by atoms with Gasteiger partial charge in [-0.1, -0.05) is 29.2 Å². The Balaban J connectivity index is 1.52. The highest BCUT2D eigenvalue weighted by atomic mass is 35.5. The number of ether oxygens (including phenoxy) is 1. The second-order valence-corrected chi connectivity index (χ2v) is 13.2. The van der Waals surface area contributed by atoms with E-state index in [1.807, 2.05) is 18.2 Å². The zero-order valence-electron chi connectivity index (χ0n) is 22.1. The van der Waals surface area contributed by atoms with E-state index in [0.717, 1.165) is 68.6 Å². The Morgan fingerprint density at radius 2 is 1.85 bits per heavy atom. The fraction of sp³-hybridized carbons (Fsp3) is 0.517. The zero-order chi connectivity index (χ0) is 27.4. The molecule has 8 nitrogen and oxygen atoms in total. The van der Waals surface area contributed by atoms with E-state index < -0.39 is 15.9 Å². The number of rotatable bonds is 0. The number of carbonyl (C=O) groups excluding carboxylic acids is 1. The number of sulfonamides is 1. The molecule has 2 aliphatic heterocycles. The summed E-state index contributed by atoms with van der Waals surface area (Å²) in [7, 11) is -3.77. The first-order valence-electron chi connectivity index (χ1n) is 13.9. The standard InChI is InChI=1S/C29H36ClN3O5S/c30-24-11-8-23-19-38-28-13-10-21-17-27(28)33(14-4-3-6-20(23)16-24)18-22-9-12-25(22)26(31-35)7-2-1-5-15-39(36,37)32-29(21)34/h8,10-11,13,16-17,22,25,35H,1-7,9,12,14-15,18-19H2,(H,32,34)/b31-26-/t22-,25+/m0/s1. The highest BCUT2D eigenvalue weighted by Crippen LogP contribution is 2.40. The molecule has 2 heterocycles. The maximum atomic E-state index is 13.0. The van der Waals surface area contributed by atoms with Crippen molar-refractivity contribution in [1.82, 2.24) is 4.72 Å². The number of nitrogens with zero attached hydrogens (tertiary/aromatic N) is 2. The molecule has 2 aromatic rings. The fourth-order valence-corrected chi connectivity index (χ4v) is 7.21. The van der Waals surface area contributed by atoms with Crippen molar-refractivity contribution in [2.45, 2.75) is 64.4 Å². The van der Waals surface area contributed by atoms with Gasteiger partial charge in [0, 0.05) is 29.6 Å². The van der Waals surface area contributed by atoms with E-state index in [1.54, 1.807) is 18.2 Å². The van der Waals surface area contributed by atoms with Crippen molar-refractivity contribution < 1.29 is 23.2 Å². The summed E-state index contributed by atoms with van der Waals surface area (Å²) in [4.78, 5) is 15.3. The Bertz CT molecular complexity index is 1350. The highest BCUT2D eigenvalue weighted by Gasteiger charge is 2.36. The molecule has 1 amide bonds. The lowest BCUT2D eigenvalue weighted by atomic mass is 9.69. The third-order valence-electron chi connectivity index (χ3n) is 8.26. The lowest BCUT2D eigenvalue weighted by Crippen LogP contribution is -2.42. The smallest absolute Gasteiger partial charge is 0.264 e. The number of halogens is 1. The number of hydrogen-bond donors (Lipinski definition) is 2. The van der Waals surface area contributed by atoms with Crippen LogP contribution in [0, 0.1) is 11.8 Å². The van der Waals surface area contributed by atoms with E-state index in [4.69, 9.17) is 16.3 Å². The Morgan fingerprint density at radius 3 is 2.64 bits per heavy atom. The first-order chi connectivity index (χ1) is 18.8. The van der Waals surface area contributed by atoms with Crippen molar-refractivity contribution in [2.75, 3.05) is 23.7 Å². The van der Waals surface area contributed by atoms with Gasteiger partial charge in [0.05, 0.1) is 17.2 Å². The van der Waals surface area contributed by atoms with Crippen molar-refractivity contribution in [1.29, 1.82) is 0 Å². The number of amides is 1. The van der Waals surface area contributed by atoms with Crippen LogP contribution in [0.1, 0.15) is 72.9 Å². The Hall–Kier alpha value is -2.78. The van der Waals surface area contributed by atoms with Gasteiger partial charge >= 0.3 is 0 Å². The topological polar surface area (TPSA) is 108 Å². The monoisotopic (exact) mass is 573 g/mol. The van der Waals surface area contributed by atoms with Crippen LogP contribution in [-0.4, -0.2) is 44.1 Å². The van der Waals surface area contributed by atoms with Crippen LogP contribution in [-0.2, 0) is 23.1 Å². The molecule has 1 fully saturated rings. The minimum absolute atomic E-state index is 0.125. The average molecular weight is 574 g/mol. The third kappa shape index (κ3) is 6.69. The van der Waals surface area contributed by atoms with Crippen molar-refractivity contribution in [3.8, 4) is 5.75 Å². The number of hydrogen-bond acceptors (Lipinski definition) is 7. The number of fused-ring (bicyclic) bond motifs is 3. The molecule has 2 bridgehead atoms. The summed E-state index contributed by atoms with van der Waals surface area (Å²) in [5.74, 6) is 0.420. The molecule has 0 radical (unpaired) electrons. The number of aryl methyl sites for hydroxylation is 1. The fourth-order valence-electron chi connectivity index (χ4n) is 5.92. The SMILES string of the molecule is O=C1NS(=O)(=O)CCCCC/C(=N/O)[C@@H]2CC[C@H]2CN2CCCCc3cc(Cl)ccc3COc3ccc1cc32. The summed E-state index contributed by atoms with van der Waals surface area (Å²) in [5, 5.41) is 14.2. The van der Waals surface area contributed by atoms with E-state index in [1.165, 1.54) is 5.56 Å². The number of carbonyl (C=O) groups is 1. The first kappa shape index (κ1) is 27.8. The van der Waals surface area contributed by atoms with Gasteiger partial charge in [-0.2, -0.15) is 0 Å². The molecule has 2 atom stereocenters. The summed E-state index contributed by atoms with van der Waals surface area (Å²) >= 11 is 6.28. The summed E-state index contributed by atoms with van der Waals surface area (Å²) in [5.41, 5.74) is 4.11. The van der Waals surface area contributed by atoms with Crippen molar-refractivity contribution in [3.63, 3.8) is 0 Å². The molecule has 0 saturated heterocycles. The van der Waals surface area contributed by atoms with Gasteiger partial charge in [0.2, 0.25) is 10.0 Å². The molecule has 3 aliphatic rings. The van der Waals surface area contributed by atoms with Crippen LogP contribution in [0.2, 0.25) is 5.02 Å². The van der Waals surface area contributed by atoms with Crippen molar-refractivity contribution in [3.05, 3.63) is 58.1 Å². The van der Waals surface area contributed by atoms with Crippen molar-refractivity contribution in [2.24, 2.45) is 17.0 Å². The minimum Gasteiger partial charge on any atom is -0.487 e. The van der Waals surface area contributed by atoms with Gasteiger partial charge in [0.15, 0.2) is 0 Å². The van der Waals surface area contributed by atoms with Gasteiger partial charge in [-0.05, 0) is 98.7 Å². The number of nitrogens with one attached hydrogen (secondary N) is 1. The van der Waals surface area contributed by atoms with Crippen LogP contribution < -0.4 is 14.4 Å². The molecule has 1 aliphatic carbocycles. The molecule has 1 saturated carbocycles. The van der Waals surface area contributed by atoms with Gasteiger partial charge < -0.3 is 14.8 Å². The number of benzene rings is 2. The van der Waals surface area contributed by atoms with Crippen LogP contribution in [0.15, 0.2) is 41.6 Å². The van der Waals surface area contributed by atoms with Crippen LogP contribution in [0.4, 0.5) is 5.69 Å². The van der Waals surface area contributed by atoms with Crippen LogP contribution in [0.25, 0.3) is 0 Å². The molecule has 0 spiro atoms. The molecular weight excluding hydrogens is 538 g/mol. The Kier molecular flexibility index (Phi) is 8.67. The zero-order valence-corrected chi connectivity index (χ0v) is 23.6. The molecule has 0 unspecified atom stereocenters. The summed E-state index contributed by atoms with van der Waals surface area (Å²) < 4.78 is 33.8. The van der Waals surface area contributed by atoms with Crippen LogP contribution in [0.5, 0.6) is 5.75 Å². The van der Waals surface area contributed by atoms with E-state index in [0.29, 0.717) is 42.6 Å². The molecule has 2 N–H and O–H groups in total. The van der Waals surface area contributed by atoms with E-state index in [-0.39, 0.29) is 17.2 Å². The van der Waals surface area contributed by atoms with Gasteiger partial charge in [0.25, 0.3) is 5.91 Å². The maximum absolute atomic E-state index is 13.0. The lowest BCUT2D eigenvalue weighted by Gasteiger charge is -2.41. The highest BCUT2D eigenvalue weighted by molar-refractivity contribution is 7.90. The van der Waals surface area contributed by atoms with E-state index >= 15 is 0 Å². The minimum atomic E-state index is -3.77. The third-order valence-corrected chi connectivity index (χ3v) is 9.82. The van der Waals surface area contributed by atoms with Crippen LogP contribution >= 0.6 is 11.6 Å². The predicted octanol–water partition coefficient (Wildman–Crippen LogP) is 5.55. The lowest BCUT2D eigenvalue weighted by molar-refractivity contribution is 0.0981. The average Bonchev–Trinajstić information content (AvgIpc) is 2.92. The van der Waals surface area contributed by atoms with Crippen LogP contribution in [0.3, 0.4) is 0 Å². The number of anilines is 1. The molecule has 0 aromatic heterocycles.